The van der Waals surface area contributed by atoms with Crippen LogP contribution in [-0.4, -0.2) is 44.1 Å². The topological polar surface area (TPSA) is 74.2 Å². The summed E-state index contributed by atoms with van der Waals surface area (Å²) in [5.41, 5.74) is 0.530. The maximum Gasteiger partial charge on any atom is 0.338 e. The van der Waals surface area contributed by atoms with Crippen LogP contribution < -0.4 is 14.2 Å². The van der Waals surface area contributed by atoms with Gasteiger partial charge in [0.25, 0.3) is 0 Å². The Hall–Kier alpha value is -2.21. The number of esters is 1. The summed E-state index contributed by atoms with van der Waals surface area (Å²) in [5.74, 6) is 0.691. The zero-order valence-electron chi connectivity index (χ0n) is 19.8. The molecule has 1 aromatic rings. The van der Waals surface area contributed by atoms with Crippen molar-refractivity contribution in [2.75, 3.05) is 21.3 Å². The highest BCUT2D eigenvalue weighted by atomic mass is 16.5. The Bertz CT molecular complexity index is 835. The van der Waals surface area contributed by atoms with Crippen LogP contribution in [-0.2, 0) is 4.74 Å². The van der Waals surface area contributed by atoms with E-state index in [4.69, 9.17) is 18.9 Å². The third-order valence-corrected chi connectivity index (χ3v) is 7.36. The number of aliphatic hydroxyl groups is 1. The summed E-state index contributed by atoms with van der Waals surface area (Å²) < 4.78 is 22.3. The molecule has 0 unspecified atom stereocenters. The predicted molar refractivity (Wildman–Crippen MR) is 119 cm³/mol. The number of fused-ring (bicyclic) bond motifs is 1. The third kappa shape index (κ3) is 4.14. The Morgan fingerprint density at radius 3 is 2.23 bits per heavy atom. The van der Waals surface area contributed by atoms with Crippen LogP contribution in [0.3, 0.4) is 0 Å². The quantitative estimate of drug-likeness (QED) is 0.515. The number of ether oxygens (including phenoxy) is 4. The Labute approximate surface area is 185 Å². The highest BCUT2D eigenvalue weighted by molar-refractivity contribution is 5.91. The zero-order valence-corrected chi connectivity index (χ0v) is 19.8. The lowest BCUT2D eigenvalue weighted by Crippen LogP contribution is -2.50. The predicted octanol–water partition coefficient (Wildman–Crippen LogP) is 4.78. The number of hydrogen-bond acceptors (Lipinski definition) is 6. The Balaban J connectivity index is 1.97. The summed E-state index contributed by atoms with van der Waals surface area (Å²) in [6, 6.07) is 3.21. The molecule has 6 heteroatoms. The van der Waals surface area contributed by atoms with Crippen LogP contribution in [0.1, 0.15) is 63.7 Å². The van der Waals surface area contributed by atoms with Gasteiger partial charge < -0.3 is 24.1 Å². The number of carbonyl (C=O) groups is 1. The fraction of sp³-hybridized carbons (Fsp3) is 0.640. The molecule has 3 rings (SSSR count). The molecule has 31 heavy (non-hydrogen) atoms. The molecule has 1 fully saturated rings. The van der Waals surface area contributed by atoms with E-state index in [1.807, 2.05) is 0 Å². The summed E-state index contributed by atoms with van der Waals surface area (Å²) in [4.78, 5) is 13.3. The molecule has 0 saturated heterocycles. The molecule has 6 nitrogen and oxygen atoms in total. The second-order valence-corrected chi connectivity index (χ2v) is 9.59. The minimum atomic E-state index is -0.868. The van der Waals surface area contributed by atoms with Gasteiger partial charge in [-0.1, -0.05) is 32.4 Å². The van der Waals surface area contributed by atoms with Crippen molar-refractivity contribution in [2.45, 2.75) is 65.1 Å². The summed E-state index contributed by atoms with van der Waals surface area (Å²) in [5, 5.41) is 11.7. The number of carbonyl (C=O) groups excluding carboxylic acids is 1. The van der Waals surface area contributed by atoms with Gasteiger partial charge in [-0.2, -0.15) is 0 Å². The molecule has 0 spiro atoms. The van der Waals surface area contributed by atoms with Crippen molar-refractivity contribution in [3.05, 3.63) is 29.3 Å². The van der Waals surface area contributed by atoms with Gasteiger partial charge in [0.2, 0.25) is 5.75 Å². The van der Waals surface area contributed by atoms with Gasteiger partial charge in [-0.15, -0.1) is 0 Å². The van der Waals surface area contributed by atoms with Crippen LogP contribution in [0.4, 0.5) is 0 Å². The van der Waals surface area contributed by atoms with Gasteiger partial charge in [0, 0.05) is 12.3 Å². The van der Waals surface area contributed by atoms with E-state index in [9.17, 15) is 9.90 Å². The van der Waals surface area contributed by atoms with E-state index in [2.05, 4.69) is 33.8 Å². The molecule has 4 atom stereocenters. The highest BCUT2D eigenvalue weighted by Crippen LogP contribution is 2.58. The number of benzene rings is 1. The smallest absolute Gasteiger partial charge is 0.338 e. The first kappa shape index (κ1) is 23.5. The van der Waals surface area contributed by atoms with Gasteiger partial charge in [0.1, 0.15) is 6.10 Å². The molecule has 0 aromatic heterocycles. The molecule has 172 valence electrons. The standard InChI is InChI=1S/C25H36O6/c1-15(2)25(27)11-10-24(4)9-8-16(3)12-20(22(24)25)31-23(26)17-13-18(28-5)21(30-7)19(14-17)29-6/h8,13-15,20,22,27H,9-12H2,1-7H3/t20-,22+,24-,25+/m0/s1. The van der Waals surface area contributed by atoms with E-state index in [0.29, 0.717) is 29.2 Å². The van der Waals surface area contributed by atoms with Crippen molar-refractivity contribution in [3.63, 3.8) is 0 Å². The lowest BCUT2D eigenvalue weighted by molar-refractivity contribution is -0.112. The lowest BCUT2D eigenvalue weighted by Gasteiger charge is -2.43. The minimum Gasteiger partial charge on any atom is -0.493 e. The molecule has 1 N–H and O–H groups in total. The van der Waals surface area contributed by atoms with Crippen molar-refractivity contribution < 1.29 is 28.8 Å². The molecule has 0 radical (unpaired) electrons. The Kier molecular flexibility index (Phi) is 6.61. The first-order valence-electron chi connectivity index (χ1n) is 11.0. The summed E-state index contributed by atoms with van der Waals surface area (Å²) >= 11 is 0. The molecule has 0 aliphatic heterocycles. The third-order valence-electron chi connectivity index (χ3n) is 7.36. The lowest BCUT2D eigenvalue weighted by atomic mass is 9.67. The Morgan fingerprint density at radius 2 is 1.71 bits per heavy atom. The molecule has 0 amide bonds. The molecule has 1 aromatic carbocycles. The zero-order chi connectivity index (χ0) is 23.0. The van der Waals surface area contributed by atoms with E-state index in [1.165, 1.54) is 26.9 Å². The van der Waals surface area contributed by atoms with Crippen LogP contribution in [0.25, 0.3) is 0 Å². The monoisotopic (exact) mass is 432 g/mol. The van der Waals surface area contributed by atoms with Crippen molar-refractivity contribution in [2.24, 2.45) is 17.3 Å². The van der Waals surface area contributed by atoms with Gasteiger partial charge in [-0.05, 0) is 49.7 Å². The molecule has 0 bridgehead atoms. The number of hydrogen-bond donors (Lipinski definition) is 1. The van der Waals surface area contributed by atoms with E-state index < -0.39 is 17.7 Å². The van der Waals surface area contributed by atoms with Crippen LogP contribution in [0.15, 0.2) is 23.8 Å². The summed E-state index contributed by atoms with van der Waals surface area (Å²) in [6.45, 7) is 8.39. The number of methoxy groups -OCH3 is 3. The molecule has 2 aliphatic rings. The SMILES string of the molecule is COc1cc(C(=O)O[C@H]2CC(C)=CC[C@@]3(C)CC[C@@](O)(C(C)C)[C@H]23)cc(OC)c1OC. The average molecular weight is 433 g/mol. The Morgan fingerprint density at radius 1 is 1.10 bits per heavy atom. The maximum atomic E-state index is 13.3. The van der Waals surface area contributed by atoms with E-state index in [1.54, 1.807) is 12.1 Å². The van der Waals surface area contributed by atoms with E-state index >= 15 is 0 Å². The average Bonchev–Trinajstić information content (AvgIpc) is 2.95. The van der Waals surface area contributed by atoms with Crippen LogP contribution in [0.5, 0.6) is 17.2 Å². The molecule has 2 aliphatic carbocycles. The fourth-order valence-corrected chi connectivity index (χ4v) is 5.49. The van der Waals surface area contributed by atoms with Gasteiger partial charge in [-0.3, -0.25) is 0 Å². The highest BCUT2D eigenvalue weighted by Gasteiger charge is 2.59. The van der Waals surface area contributed by atoms with Crippen molar-refractivity contribution in [3.8, 4) is 17.2 Å². The molecule has 1 saturated carbocycles. The maximum absolute atomic E-state index is 13.3. The summed E-state index contributed by atoms with van der Waals surface area (Å²) in [6.07, 6.45) is 4.96. The van der Waals surface area contributed by atoms with E-state index in [0.717, 1.165) is 19.3 Å². The molecular formula is C25H36O6. The van der Waals surface area contributed by atoms with Gasteiger partial charge in [0.05, 0.1) is 32.5 Å². The number of allylic oxidation sites excluding steroid dienone is 1. The van der Waals surface area contributed by atoms with Crippen molar-refractivity contribution >= 4 is 5.97 Å². The van der Waals surface area contributed by atoms with Gasteiger partial charge in [-0.25, -0.2) is 4.79 Å². The molecule has 0 heterocycles. The fourth-order valence-electron chi connectivity index (χ4n) is 5.49. The normalized spacial score (nSPS) is 30.3. The summed E-state index contributed by atoms with van der Waals surface area (Å²) in [7, 11) is 4.55. The van der Waals surface area contributed by atoms with Crippen molar-refractivity contribution in [1.82, 2.24) is 0 Å². The molecular weight excluding hydrogens is 396 g/mol. The van der Waals surface area contributed by atoms with Crippen LogP contribution in [0, 0.1) is 17.3 Å². The first-order chi connectivity index (χ1) is 14.6. The van der Waals surface area contributed by atoms with Crippen LogP contribution in [0.2, 0.25) is 0 Å². The second-order valence-electron chi connectivity index (χ2n) is 9.59. The first-order valence-corrected chi connectivity index (χ1v) is 11.0. The van der Waals surface area contributed by atoms with Crippen molar-refractivity contribution in [1.29, 1.82) is 0 Å². The van der Waals surface area contributed by atoms with Crippen LogP contribution >= 0.6 is 0 Å². The minimum absolute atomic E-state index is 0.0695. The second kappa shape index (κ2) is 8.73. The number of rotatable bonds is 6. The largest absolute Gasteiger partial charge is 0.493 e. The van der Waals surface area contributed by atoms with Gasteiger partial charge >= 0.3 is 5.97 Å². The van der Waals surface area contributed by atoms with E-state index in [-0.39, 0.29) is 17.3 Å². The van der Waals surface area contributed by atoms with Gasteiger partial charge in [0.15, 0.2) is 11.5 Å².